The van der Waals surface area contributed by atoms with E-state index in [2.05, 4.69) is 9.97 Å². The fourth-order valence-electron chi connectivity index (χ4n) is 2.84. The number of allylic oxidation sites excluding steroid dienone is 1. The second kappa shape index (κ2) is 6.75. The molecule has 13 heteroatoms. The van der Waals surface area contributed by atoms with Gasteiger partial charge in [0.1, 0.15) is 23.4 Å². The Balaban J connectivity index is 2.26. The van der Waals surface area contributed by atoms with E-state index in [1.807, 2.05) is 0 Å². The molecule has 158 valence electrons. The van der Waals surface area contributed by atoms with Crippen molar-refractivity contribution in [1.82, 2.24) is 19.3 Å². The Hall–Kier alpha value is -2.57. The first-order valence-electron chi connectivity index (χ1n) is 8.12. The fourth-order valence-corrected chi connectivity index (χ4v) is 4.03. The first-order chi connectivity index (χ1) is 13.2. The highest BCUT2D eigenvalue weighted by Gasteiger charge is 2.40. The molecule has 0 unspecified atom stereocenters. The van der Waals surface area contributed by atoms with Crippen LogP contribution in [0.5, 0.6) is 0 Å². The lowest BCUT2D eigenvalue weighted by Gasteiger charge is -2.30. The van der Waals surface area contributed by atoms with Gasteiger partial charge in [-0.1, -0.05) is 6.92 Å². The van der Waals surface area contributed by atoms with Crippen molar-refractivity contribution in [2.45, 2.75) is 19.3 Å². The van der Waals surface area contributed by atoms with E-state index in [-0.39, 0.29) is 17.0 Å². The SMILES string of the molecule is CCS(=O)(=O)C1=C(c2cn3cnc(C(F)(F)F)cc3n2)N(C)CC(C(F)(F)F)=C1. The molecule has 0 bridgehead atoms. The Morgan fingerprint density at radius 3 is 2.34 bits per heavy atom. The smallest absolute Gasteiger partial charge is 0.367 e. The molecule has 0 saturated heterocycles. The van der Waals surface area contributed by atoms with Crippen LogP contribution in [0.2, 0.25) is 0 Å². The average molecular weight is 440 g/mol. The molecular weight excluding hydrogens is 426 g/mol. The zero-order valence-corrected chi connectivity index (χ0v) is 15.8. The molecule has 0 amide bonds. The van der Waals surface area contributed by atoms with Gasteiger partial charge in [0.2, 0.25) is 0 Å². The molecule has 3 heterocycles. The van der Waals surface area contributed by atoms with E-state index >= 15 is 0 Å². The van der Waals surface area contributed by atoms with Gasteiger partial charge in [-0.25, -0.2) is 18.4 Å². The van der Waals surface area contributed by atoms with Crippen LogP contribution in [0.25, 0.3) is 11.3 Å². The van der Waals surface area contributed by atoms with Crippen molar-refractivity contribution in [1.29, 1.82) is 0 Å². The van der Waals surface area contributed by atoms with Crippen LogP contribution in [0.4, 0.5) is 26.3 Å². The quantitative estimate of drug-likeness (QED) is 0.686. The lowest BCUT2D eigenvalue weighted by atomic mass is 10.1. The van der Waals surface area contributed by atoms with Crippen molar-refractivity contribution in [3.8, 4) is 0 Å². The number of hydrogen-bond donors (Lipinski definition) is 0. The largest absolute Gasteiger partial charge is 0.433 e. The molecule has 2 aromatic heterocycles. The number of sulfone groups is 1. The molecule has 0 N–H and O–H groups in total. The molecular formula is C16H14F6N4O2S. The van der Waals surface area contributed by atoms with E-state index in [9.17, 15) is 34.8 Å². The lowest BCUT2D eigenvalue weighted by Crippen LogP contribution is -2.32. The Labute approximate surface area is 161 Å². The molecule has 1 aliphatic rings. The number of likely N-dealkylation sites (N-methyl/N-ethyl adjacent to an activating group) is 1. The van der Waals surface area contributed by atoms with Gasteiger partial charge in [-0.15, -0.1) is 0 Å². The summed E-state index contributed by atoms with van der Waals surface area (Å²) in [6, 6.07) is 0.665. The van der Waals surface area contributed by atoms with Gasteiger partial charge in [0.05, 0.1) is 21.9 Å². The minimum Gasteiger partial charge on any atom is -0.367 e. The molecule has 0 spiro atoms. The number of fused-ring (bicyclic) bond motifs is 1. The van der Waals surface area contributed by atoms with Crippen molar-refractivity contribution in [2.75, 3.05) is 19.3 Å². The molecule has 6 nitrogen and oxygen atoms in total. The van der Waals surface area contributed by atoms with Crippen LogP contribution in [0, 0.1) is 0 Å². The van der Waals surface area contributed by atoms with Crippen LogP contribution in [0.1, 0.15) is 18.3 Å². The third kappa shape index (κ3) is 3.95. The number of imidazole rings is 1. The topological polar surface area (TPSA) is 67.6 Å². The van der Waals surface area contributed by atoms with Gasteiger partial charge in [0, 0.05) is 25.9 Å². The summed E-state index contributed by atoms with van der Waals surface area (Å²) in [5.74, 6) is -0.464. The van der Waals surface area contributed by atoms with E-state index in [0.29, 0.717) is 12.1 Å². The second-order valence-corrected chi connectivity index (χ2v) is 8.55. The van der Waals surface area contributed by atoms with E-state index in [4.69, 9.17) is 0 Å². The lowest BCUT2D eigenvalue weighted by molar-refractivity contribution is -0.141. The highest BCUT2D eigenvalue weighted by atomic mass is 32.2. The van der Waals surface area contributed by atoms with Gasteiger partial charge >= 0.3 is 12.4 Å². The maximum atomic E-state index is 13.2. The van der Waals surface area contributed by atoms with Crippen LogP contribution in [0.3, 0.4) is 0 Å². The molecule has 1 aliphatic heterocycles. The van der Waals surface area contributed by atoms with Gasteiger partial charge in [-0.2, -0.15) is 26.3 Å². The van der Waals surface area contributed by atoms with Crippen LogP contribution in [-0.2, 0) is 16.0 Å². The van der Waals surface area contributed by atoms with Crippen LogP contribution < -0.4 is 0 Å². The third-order valence-electron chi connectivity index (χ3n) is 4.29. The molecule has 0 aliphatic carbocycles. The normalized spacial score (nSPS) is 16.6. The van der Waals surface area contributed by atoms with Gasteiger partial charge in [-0.05, 0) is 6.08 Å². The minimum absolute atomic E-state index is 0.0851. The zero-order valence-electron chi connectivity index (χ0n) is 15.0. The molecule has 3 rings (SSSR count). The van der Waals surface area contributed by atoms with Gasteiger partial charge < -0.3 is 4.90 Å². The number of nitrogens with zero attached hydrogens (tertiary/aromatic N) is 4. The summed E-state index contributed by atoms with van der Waals surface area (Å²) >= 11 is 0. The first-order valence-corrected chi connectivity index (χ1v) is 9.77. The number of alkyl halides is 6. The summed E-state index contributed by atoms with van der Waals surface area (Å²) in [4.78, 5) is 7.74. The third-order valence-corrected chi connectivity index (χ3v) is 6.03. The summed E-state index contributed by atoms with van der Waals surface area (Å²) in [6.45, 7) is 0.639. The van der Waals surface area contributed by atoms with Crippen molar-refractivity contribution >= 4 is 21.2 Å². The number of hydrogen-bond acceptors (Lipinski definition) is 5. The summed E-state index contributed by atoms with van der Waals surface area (Å²) in [5.41, 5.74) is -2.65. The molecule has 0 saturated carbocycles. The summed E-state index contributed by atoms with van der Waals surface area (Å²) in [7, 11) is -2.84. The van der Waals surface area contributed by atoms with E-state index in [1.165, 1.54) is 20.2 Å². The van der Waals surface area contributed by atoms with E-state index < -0.39 is 50.7 Å². The van der Waals surface area contributed by atoms with E-state index in [0.717, 1.165) is 15.6 Å². The van der Waals surface area contributed by atoms with Crippen molar-refractivity contribution in [3.63, 3.8) is 0 Å². The fraction of sp³-hybridized carbons (Fsp3) is 0.375. The standard InChI is InChI=1S/C16H14F6N4O2S/c1-3-29(27,28)11-4-9(15(17,18)19)6-25(2)14(11)10-7-26-8-23-12(16(20,21)22)5-13(26)24-10/h4-5,7-8H,3,6H2,1-2H3. The maximum Gasteiger partial charge on any atom is 0.433 e. The number of rotatable bonds is 3. The zero-order chi connectivity index (χ0) is 21.8. The predicted molar refractivity (Wildman–Crippen MR) is 91.1 cm³/mol. The van der Waals surface area contributed by atoms with Crippen molar-refractivity contribution < 1.29 is 34.8 Å². The Morgan fingerprint density at radius 2 is 1.79 bits per heavy atom. The molecule has 2 aromatic rings. The molecule has 0 fully saturated rings. The summed E-state index contributed by atoms with van der Waals surface area (Å²) in [5, 5.41) is 0. The molecule has 0 aromatic carbocycles. The van der Waals surface area contributed by atoms with Gasteiger partial charge in [-0.3, -0.25) is 4.40 Å². The van der Waals surface area contributed by atoms with Crippen LogP contribution >= 0.6 is 0 Å². The number of aromatic nitrogens is 3. The average Bonchev–Trinajstić information content (AvgIpc) is 3.02. The van der Waals surface area contributed by atoms with Crippen LogP contribution in [0.15, 0.2) is 35.1 Å². The molecule has 29 heavy (non-hydrogen) atoms. The summed E-state index contributed by atoms with van der Waals surface area (Å²) < 4.78 is 104. The van der Waals surface area contributed by atoms with Gasteiger partial charge in [0.25, 0.3) is 0 Å². The summed E-state index contributed by atoms with van der Waals surface area (Å²) in [6.07, 6.45) is -6.83. The van der Waals surface area contributed by atoms with Crippen molar-refractivity contribution in [3.05, 3.63) is 46.5 Å². The Morgan fingerprint density at radius 1 is 1.14 bits per heavy atom. The predicted octanol–water partition coefficient (Wildman–Crippen LogP) is 3.29. The Kier molecular flexibility index (Phi) is 4.92. The monoisotopic (exact) mass is 440 g/mol. The van der Waals surface area contributed by atoms with Crippen molar-refractivity contribution in [2.24, 2.45) is 0 Å². The van der Waals surface area contributed by atoms with E-state index in [1.54, 1.807) is 0 Å². The highest BCUT2D eigenvalue weighted by molar-refractivity contribution is 7.95. The molecule has 0 atom stereocenters. The molecule has 0 radical (unpaired) electrons. The first kappa shape index (κ1) is 21.1. The van der Waals surface area contributed by atoms with Crippen LogP contribution in [-0.4, -0.2) is 53.2 Å². The highest BCUT2D eigenvalue weighted by Crippen LogP contribution is 2.37. The Bertz CT molecular complexity index is 1130. The minimum atomic E-state index is -4.74. The second-order valence-electron chi connectivity index (χ2n) is 6.30. The number of halogens is 6. The maximum absolute atomic E-state index is 13.2. The van der Waals surface area contributed by atoms with Gasteiger partial charge in [0.15, 0.2) is 9.84 Å².